The molecule has 1 aliphatic rings. The molecule has 1 atom stereocenters. The fraction of sp³-hybridized carbons (Fsp3) is 0.529. The van der Waals surface area contributed by atoms with Crippen LogP contribution in [0.1, 0.15) is 61.1 Å². The molecule has 0 bridgehead atoms. The molecule has 1 aliphatic carbocycles. The second-order valence-electron chi connectivity index (χ2n) is 6.03. The Kier molecular flexibility index (Phi) is 4.34. The molecule has 0 aliphatic heterocycles. The van der Waals surface area contributed by atoms with E-state index in [9.17, 15) is 5.11 Å². The molecule has 1 N–H and O–H groups in total. The normalized spacial score (nSPS) is 17.8. The lowest BCUT2D eigenvalue weighted by atomic mass is 9.96. The van der Waals surface area contributed by atoms with Gasteiger partial charge in [0.1, 0.15) is 0 Å². The van der Waals surface area contributed by atoms with Crippen LogP contribution in [0.25, 0.3) is 0 Å². The zero-order valence-corrected chi connectivity index (χ0v) is 12.6. The maximum Gasteiger partial charge on any atom is 0.0863 e. The summed E-state index contributed by atoms with van der Waals surface area (Å²) >= 11 is 0. The van der Waals surface area contributed by atoms with Crippen molar-refractivity contribution in [3.8, 4) is 0 Å². The monoisotopic (exact) mass is 285 g/mol. The van der Waals surface area contributed by atoms with Crippen molar-refractivity contribution in [1.29, 1.82) is 0 Å². The van der Waals surface area contributed by atoms with Crippen molar-refractivity contribution in [3.63, 3.8) is 0 Å². The predicted octanol–water partition coefficient (Wildman–Crippen LogP) is 3.37. The van der Waals surface area contributed by atoms with Gasteiger partial charge in [-0.05, 0) is 37.5 Å². The lowest BCUT2D eigenvalue weighted by Crippen LogP contribution is -2.14. The first-order valence-corrected chi connectivity index (χ1v) is 7.86. The second kappa shape index (κ2) is 6.39. The molecule has 3 rings (SSSR count). The Morgan fingerprint density at radius 1 is 1.29 bits per heavy atom. The Morgan fingerprint density at radius 3 is 2.86 bits per heavy atom. The minimum Gasteiger partial charge on any atom is -0.388 e. The zero-order chi connectivity index (χ0) is 14.7. The van der Waals surface area contributed by atoms with Gasteiger partial charge in [0.2, 0.25) is 0 Å². The molecule has 1 fully saturated rings. The van der Waals surface area contributed by atoms with Gasteiger partial charge >= 0.3 is 0 Å². The topological polar surface area (TPSA) is 50.9 Å². The SMILES string of the molecule is Cc1ccncc1C(O)Cc1ccn(C2CCCCC2)n1. The molecule has 2 aromatic rings. The van der Waals surface area contributed by atoms with Crippen LogP contribution in [0.3, 0.4) is 0 Å². The number of hydrogen-bond donors (Lipinski definition) is 1. The van der Waals surface area contributed by atoms with Crippen LogP contribution in [0, 0.1) is 6.92 Å². The van der Waals surface area contributed by atoms with Gasteiger partial charge in [0.05, 0.1) is 17.8 Å². The summed E-state index contributed by atoms with van der Waals surface area (Å²) in [7, 11) is 0. The molecule has 1 saturated carbocycles. The summed E-state index contributed by atoms with van der Waals surface area (Å²) in [4.78, 5) is 4.10. The van der Waals surface area contributed by atoms with E-state index in [0.29, 0.717) is 12.5 Å². The molecule has 2 aromatic heterocycles. The average molecular weight is 285 g/mol. The summed E-state index contributed by atoms with van der Waals surface area (Å²) in [5, 5.41) is 15.1. The highest BCUT2D eigenvalue weighted by Gasteiger charge is 2.17. The molecule has 2 heterocycles. The first-order chi connectivity index (χ1) is 10.2. The molecule has 0 amide bonds. The van der Waals surface area contributed by atoms with Crippen LogP contribution in [0.2, 0.25) is 0 Å². The van der Waals surface area contributed by atoms with Crippen LogP contribution in [-0.4, -0.2) is 19.9 Å². The lowest BCUT2D eigenvalue weighted by Gasteiger charge is -2.21. The van der Waals surface area contributed by atoms with Gasteiger partial charge in [-0.1, -0.05) is 19.3 Å². The van der Waals surface area contributed by atoms with Gasteiger partial charge in [0.25, 0.3) is 0 Å². The molecule has 0 radical (unpaired) electrons. The van der Waals surface area contributed by atoms with Gasteiger partial charge in [-0.2, -0.15) is 5.10 Å². The third-order valence-electron chi connectivity index (χ3n) is 4.45. The standard InChI is InChI=1S/C17H23N3O/c1-13-7-9-18-12-16(13)17(21)11-14-8-10-20(19-14)15-5-3-2-4-6-15/h7-10,12,15,17,21H,2-6,11H2,1H3. The first-order valence-electron chi connectivity index (χ1n) is 7.86. The number of aliphatic hydroxyl groups is 1. The van der Waals surface area contributed by atoms with Gasteiger partial charge in [-0.25, -0.2) is 0 Å². The van der Waals surface area contributed by atoms with Crippen LogP contribution < -0.4 is 0 Å². The van der Waals surface area contributed by atoms with Crippen LogP contribution in [-0.2, 0) is 6.42 Å². The first kappa shape index (κ1) is 14.3. The molecular weight excluding hydrogens is 262 g/mol. The minimum atomic E-state index is -0.534. The van der Waals surface area contributed by atoms with Crippen molar-refractivity contribution >= 4 is 0 Å². The van der Waals surface area contributed by atoms with Gasteiger partial charge < -0.3 is 5.11 Å². The highest BCUT2D eigenvalue weighted by molar-refractivity contribution is 5.24. The van der Waals surface area contributed by atoms with Gasteiger partial charge in [-0.15, -0.1) is 0 Å². The van der Waals surface area contributed by atoms with Crippen molar-refractivity contribution < 1.29 is 5.11 Å². The van der Waals surface area contributed by atoms with E-state index in [1.165, 1.54) is 32.1 Å². The van der Waals surface area contributed by atoms with Crippen molar-refractivity contribution in [2.75, 3.05) is 0 Å². The lowest BCUT2D eigenvalue weighted by molar-refractivity contribution is 0.175. The number of pyridine rings is 1. The van der Waals surface area contributed by atoms with Crippen LogP contribution >= 0.6 is 0 Å². The number of aliphatic hydroxyl groups excluding tert-OH is 1. The Hall–Kier alpha value is -1.68. The number of aromatic nitrogens is 3. The molecule has 112 valence electrons. The maximum absolute atomic E-state index is 10.4. The van der Waals surface area contributed by atoms with Crippen molar-refractivity contribution in [3.05, 3.63) is 47.5 Å². The third kappa shape index (κ3) is 3.32. The van der Waals surface area contributed by atoms with Crippen molar-refractivity contribution in [2.24, 2.45) is 0 Å². The highest BCUT2D eigenvalue weighted by atomic mass is 16.3. The van der Waals surface area contributed by atoms with Crippen LogP contribution in [0.5, 0.6) is 0 Å². The Morgan fingerprint density at radius 2 is 2.10 bits per heavy atom. The fourth-order valence-corrected chi connectivity index (χ4v) is 3.17. The van der Waals surface area contributed by atoms with E-state index in [1.54, 1.807) is 12.4 Å². The average Bonchev–Trinajstić information content (AvgIpc) is 2.97. The van der Waals surface area contributed by atoms with E-state index < -0.39 is 6.10 Å². The number of nitrogens with zero attached hydrogens (tertiary/aromatic N) is 3. The van der Waals surface area contributed by atoms with Gasteiger partial charge in [-0.3, -0.25) is 9.67 Å². The molecule has 21 heavy (non-hydrogen) atoms. The van der Waals surface area contributed by atoms with Gasteiger partial charge in [0, 0.05) is 30.6 Å². The van der Waals surface area contributed by atoms with Crippen molar-refractivity contribution in [1.82, 2.24) is 14.8 Å². The fourth-order valence-electron chi connectivity index (χ4n) is 3.17. The smallest absolute Gasteiger partial charge is 0.0863 e. The number of rotatable bonds is 4. The molecule has 0 saturated heterocycles. The summed E-state index contributed by atoms with van der Waals surface area (Å²) in [6.45, 7) is 2.00. The van der Waals surface area contributed by atoms with E-state index >= 15 is 0 Å². The summed E-state index contributed by atoms with van der Waals surface area (Å²) in [5.41, 5.74) is 2.92. The highest BCUT2D eigenvalue weighted by Crippen LogP contribution is 2.28. The largest absolute Gasteiger partial charge is 0.388 e. The summed E-state index contributed by atoms with van der Waals surface area (Å²) in [6.07, 6.45) is 12.0. The molecule has 0 aromatic carbocycles. The summed E-state index contributed by atoms with van der Waals surface area (Å²) in [5.74, 6) is 0. The van der Waals surface area contributed by atoms with Crippen molar-refractivity contribution in [2.45, 2.75) is 57.6 Å². The number of hydrogen-bond acceptors (Lipinski definition) is 3. The molecule has 1 unspecified atom stereocenters. The van der Waals surface area contributed by atoms with E-state index in [4.69, 9.17) is 0 Å². The third-order valence-corrected chi connectivity index (χ3v) is 4.45. The van der Waals surface area contributed by atoms with E-state index in [-0.39, 0.29) is 0 Å². The second-order valence-corrected chi connectivity index (χ2v) is 6.03. The van der Waals surface area contributed by atoms with Crippen LogP contribution in [0.15, 0.2) is 30.7 Å². The molecule has 0 spiro atoms. The van der Waals surface area contributed by atoms with Gasteiger partial charge in [0.15, 0.2) is 0 Å². The Bertz CT molecular complexity index is 587. The summed E-state index contributed by atoms with van der Waals surface area (Å²) < 4.78 is 2.09. The van der Waals surface area contributed by atoms with E-state index in [0.717, 1.165) is 16.8 Å². The Labute approximate surface area is 125 Å². The quantitative estimate of drug-likeness (QED) is 0.937. The van der Waals surface area contributed by atoms with Crippen LogP contribution in [0.4, 0.5) is 0 Å². The maximum atomic E-state index is 10.4. The summed E-state index contributed by atoms with van der Waals surface area (Å²) in [6, 6.07) is 4.51. The zero-order valence-electron chi connectivity index (χ0n) is 12.6. The minimum absolute atomic E-state index is 0.534. The Balaban J connectivity index is 1.68. The number of aryl methyl sites for hydroxylation is 1. The molecule has 4 nitrogen and oxygen atoms in total. The van der Waals surface area contributed by atoms with E-state index in [1.807, 2.05) is 19.1 Å². The van der Waals surface area contributed by atoms with E-state index in [2.05, 4.69) is 21.0 Å². The molecule has 4 heteroatoms. The predicted molar refractivity (Wildman–Crippen MR) is 82.0 cm³/mol. The molecular formula is C17H23N3O.